The van der Waals surface area contributed by atoms with Crippen LogP contribution in [0.25, 0.3) is 0 Å². The molecular weight excluding hydrogens is 176 g/mol. The lowest BCUT2D eigenvalue weighted by molar-refractivity contribution is 0.0929. The van der Waals surface area contributed by atoms with Gasteiger partial charge in [-0.3, -0.25) is 0 Å². The van der Waals surface area contributed by atoms with E-state index in [-0.39, 0.29) is 6.61 Å². The summed E-state index contributed by atoms with van der Waals surface area (Å²) in [4.78, 5) is 0. The second-order valence-corrected chi connectivity index (χ2v) is 2.47. The van der Waals surface area contributed by atoms with Gasteiger partial charge in [-0.05, 0) is 17.7 Å². The standard InChI is InChI=1S/C12H12O2/c1-2-5-11(6-3-1)9-13-10-12-7-4-8-14-12/h1-8H,9-10H2/i1D,2D,3D,5D,6D,9D2. The molecule has 1 heterocycles. The molecule has 2 heteroatoms. The quantitative estimate of drug-likeness (QED) is 0.748. The van der Waals surface area contributed by atoms with Gasteiger partial charge in [0.1, 0.15) is 12.4 Å². The molecule has 0 aliphatic heterocycles. The Morgan fingerprint density at radius 1 is 1.36 bits per heavy atom. The molecule has 0 bridgehead atoms. The first kappa shape index (κ1) is 3.91. The first-order valence-electron chi connectivity index (χ1n) is 7.49. The first-order chi connectivity index (χ1) is 9.75. The summed E-state index contributed by atoms with van der Waals surface area (Å²) in [5.41, 5.74) is -0.528. The second-order valence-electron chi connectivity index (χ2n) is 2.47. The summed E-state index contributed by atoms with van der Waals surface area (Å²) in [6, 6.07) is 0.177. The third-order valence-electron chi connectivity index (χ3n) is 1.47. The van der Waals surface area contributed by atoms with Crippen LogP contribution in [0.5, 0.6) is 0 Å². The Balaban J connectivity index is 2.39. The molecule has 0 N–H and O–H groups in total. The fourth-order valence-corrected chi connectivity index (χ4v) is 0.875. The minimum absolute atomic E-state index is 0.220. The highest BCUT2D eigenvalue weighted by atomic mass is 16.5. The van der Waals surface area contributed by atoms with Crippen LogP contribution in [-0.4, -0.2) is 0 Å². The Labute approximate surface area is 93.0 Å². The minimum atomic E-state index is -2.54. The third-order valence-corrected chi connectivity index (χ3v) is 1.47. The van der Waals surface area contributed by atoms with Crippen molar-refractivity contribution in [2.24, 2.45) is 0 Å². The molecule has 0 atom stereocenters. The SMILES string of the molecule is [2H]c1c([2H])c([2H])c(C([2H])([2H])OCc2ccco2)c([2H])c1[2H]. The topological polar surface area (TPSA) is 22.4 Å². The van der Waals surface area contributed by atoms with Gasteiger partial charge in [0.2, 0.25) is 0 Å². The third kappa shape index (κ3) is 2.47. The Bertz CT molecular complexity index is 623. The van der Waals surface area contributed by atoms with Gasteiger partial charge in [-0.25, -0.2) is 0 Å². The fraction of sp³-hybridized carbons (Fsp3) is 0.167. The van der Waals surface area contributed by atoms with Crippen LogP contribution < -0.4 is 0 Å². The Kier molecular flexibility index (Phi) is 1.29. The van der Waals surface area contributed by atoms with Crippen LogP contribution in [0.3, 0.4) is 0 Å². The van der Waals surface area contributed by atoms with E-state index in [1.807, 2.05) is 0 Å². The maximum absolute atomic E-state index is 7.85. The van der Waals surface area contributed by atoms with Crippen molar-refractivity contribution in [1.82, 2.24) is 0 Å². The molecule has 0 saturated carbocycles. The number of hydrogen-bond acceptors (Lipinski definition) is 2. The summed E-state index contributed by atoms with van der Waals surface area (Å²) in [5, 5.41) is 0. The van der Waals surface area contributed by atoms with Crippen molar-refractivity contribution in [2.75, 3.05) is 0 Å². The number of benzene rings is 1. The van der Waals surface area contributed by atoms with E-state index in [9.17, 15) is 0 Å². The molecule has 0 spiro atoms. The fourth-order valence-electron chi connectivity index (χ4n) is 0.875. The normalized spacial score (nSPS) is 18.4. The van der Waals surface area contributed by atoms with Crippen LogP contribution in [0.2, 0.25) is 0 Å². The summed E-state index contributed by atoms with van der Waals surface area (Å²) in [7, 11) is 0. The van der Waals surface area contributed by atoms with Crippen molar-refractivity contribution in [3.05, 3.63) is 59.9 Å². The van der Waals surface area contributed by atoms with Crippen molar-refractivity contribution < 1.29 is 18.7 Å². The predicted molar refractivity (Wildman–Crippen MR) is 53.6 cm³/mol. The van der Waals surface area contributed by atoms with E-state index in [2.05, 4.69) is 0 Å². The van der Waals surface area contributed by atoms with E-state index in [1.165, 1.54) is 6.26 Å². The summed E-state index contributed by atoms with van der Waals surface area (Å²) >= 11 is 0. The highest BCUT2D eigenvalue weighted by Crippen LogP contribution is 2.05. The molecule has 0 unspecified atom stereocenters. The van der Waals surface area contributed by atoms with Crippen LogP contribution in [0, 0.1) is 0 Å². The van der Waals surface area contributed by atoms with Crippen LogP contribution in [0.4, 0.5) is 0 Å². The molecule has 0 radical (unpaired) electrons. The molecule has 2 nitrogen and oxygen atoms in total. The van der Waals surface area contributed by atoms with Gasteiger partial charge in [-0.2, -0.15) is 0 Å². The van der Waals surface area contributed by atoms with Crippen LogP contribution in [0.15, 0.2) is 53.0 Å². The van der Waals surface area contributed by atoms with E-state index < -0.39 is 42.3 Å². The van der Waals surface area contributed by atoms with E-state index in [1.54, 1.807) is 12.1 Å². The van der Waals surface area contributed by atoms with Gasteiger partial charge < -0.3 is 9.15 Å². The lowest BCUT2D eigenvalue weighted by atomic mass is 10.2. The summed E-state index contributed by atoms with van der Waals surface area (Å²) < 4.78 is 63.8. The van der Waals surface area contributed by atoms with Gasteiger partial charge in [-0.15, -0.1) is 0 Å². The molecule has 2 aromatic rings. The van der Waals surface area contributed by atoms with Crippen molar-refractivity contribution in [2.45, 2.75) is 13.2 Å². The molecular formula is C12H12O2. The van der Waals surface area contributed by atoms with E-state index in [0.717, 1.165) is 0 Å². The maximum atomic E-state index is 7.85. The van der Waals surface area contributed by atoms with Crippen LogP contribution in [-0.2, 0) is 17.9 Å². The smallest absolute Gasteiger partial charge is 0.129 e. The van der Waals surface area contributed by atoms with Gasteiger partial charge >= 0.3 is 0 Å². The predicted octanol–water partition coefficient (Wildman–Crippen LogP) is 3.00. The summed E-state index contributed by atoms with van der Waals surface area (Å²) in [6.07, 6.45) is 1.40. The van der Waals surface area contributed by atoms with Gasteiger partial charge in [0, 0.05) is 0 Å². The molecule has 0 aliphatic rings. The lowest BCUT2D eigenvalue weighted by Gasteiger charge is -2.01. The molecule has 1 aromatic heterocycles. The average Bonchev–Trinajstić information content (AvgIpc) is 2.94. The summed E-state index contributed by atoms with van der Waals surface area (Å²) in [5.74, 6) is 0.367. The molecule has 0 saturated heterocycles. The van der Waals surface area contributed by atoms with Crippen molar-refractivity contribution in [3.63, 3.8) is 0 Å². The highest BCUT2D eigenvalue weighted by molar-refractivity contribution is 5.13. The minimum Gasteiger partial charge on any atom is -0.467 e. The number of hydrogen-bond donors (Lipinski definition) is 0. The van der Waals surface area contributed by atoms with E-state index >= 15 is 0 Å². The van der Waals surface area contributed by atoms with Gasteiger partial charge in [0.25, 0.3) is 0 Å². The zero-order chi connectivity index (χ0) is 15.8. The molecule has 0 amide bonds. The van der Waals surface area contributed by atoms with E-state index in [0.29, 0.717) is 5.76 Å². The Morgan fingerprint density at radius 3 is 2.93 bits per heavy atom. The molecule has 0 fully saturated rings. The molecule has 14 heavy (non-hydrogen) atoms. The monoisotopic (exact) mass is 195 g/mol. The zero-order valence-electron chi connectivity index (χ0n) is 14.3. The maximum Gasteiger partial charge on any atom is 0.129 e. The van der Waals surface area contributed by atoms with Crippen molar-refractivity contribution in [3.8, 4) is 0 Å². The van der Waals surface area contributed by atoms with Crippen molar-refractivity contribution >= 4 is 0 Å². The molecule has 1 aromatic carbocycles. The molecule has 0 aliphatic carbocycles. The number of rotatable bonds is 4. The molecule has 72 valence electrons. The second kappa shape index (κ2) is 4.63. The molecule has 2 rings (SSSR count). The van der Waals surface area contributed by atoms with Gasteiger partial charge in [0.15, 0.2) is 0 Å². The summed E-state index contributed by atoms with van der Waals surface area (Å²) in [6.45, 7) is -2.76. The Morgan fingerprint density at radius 2 is 2.21 bits per heavy atom. The van der Waals surface area contributed by atoms with E-state index in [4.69, 9.17) is 18.7 Å². The lowest BCUT2D eigenvalue weighted by Crippen LogP contribution is -1.92. The van der Waals surface area contributed by atoms with Gasteiger partial charge in [-0.1, -0.05) is 30.2 Å². The van der Waals surface area contributed by atoms with Gasteiger partial charge in [0.05, 0.1) is 22.4 Å². The number of furan rings is 1. The average molecular weight is 195 g/mol. The number of ether oxygens (including phenoxy) is 1. The highest BCUT2D eigenvalue weighted by Gasteiger charge is 1.95. The zero-order valence-corrected chi connectivity index (χ0v) is 7.26. The van der Waals surface area contributed by atoms with Crippen molar-refractivity contribution in [1.29, 1.82) is 0 Å². The largest absolute Gasteiger partial charge is 0.467 e. The van der Waals surface area contributed by atoms with Crippen LogP contribution in [0.1, 0.15) is 20.9 Å². The first-order valence-corrected chi connectivity index (χ1v) is 3.99. The van der Waals surface area contributed by atoms with Crippen LogP contribution >= 0.6 is 0 Å². The Hall–Kier alpha value is -1.54.